The lowest BCUT2D eigenvalue weighted by molar-refractivity contribution is 0.0938. The molecule has 178 valence electrons. The lowest BCUT2D eigenvalue weighted by Gasteiger charge is -2.13. The van der Waals surface area contributed by atoms with Crippen LogP contribution in [-0.4, -0.2) is 40.5 Å². The predicted octanol–water partition coefficient (Wildman–Crippen LogP) is 4.08. The summed E-state index contributed by atoms with van der Waals surface area (Å²) in [5, 5.41) is 5.33. The van der Waals surface area contributed by atoms with E-state index in [2.05, 4.69) is 15.4 Å². The first kappa shape index (κ1) is 25.2. The van der Waals surface area contributed by atoms with Gasteiger partial charge in [0.05, 0.1) is 22.9 Å². The third kappa shape index (κ3) is 6.34. The van der Waals surface area contributed by atoms with Crippen molar-refractivity contribution < 1.29 is 22.7 Å². The number of rotatable bonds is 9. The number of hydrogen-bond acceptors (Lipinski definition) is 5. The molecule has 8 nitrogen and oxygen atoms in total. The fourth-order valence-corrected chi connectivity index (χ4v) is 4.69. The van der Waals surface area contributed by atoms with Crippen molar-refractivity contribution in [3.05, 3.63) is 88.4 Å². The van der Waals surface area contributed by atoms with Gasteiger partial charge in [-0.3, -0.25) is 14.3 Å². The Bertz CT molecular complexity index is 1310. The van der Waals surface area contributed by atoms with Crippen molar-refractivity contribution in [2.24, 2.45) is 0 Å². The van der Waals surface area contributed by atoms with E-state index in [0.29, 0.717) is 18.8 Å². The molecule has 0 heterocycles. The summed E-state index contributed by atoms with van der Waals surface area (Å²) in [7, 11) is -2.54. The van der Waals surface area contributed by atoms with Crippen LogP contribution in [0.1, 0.15) is 26.3 Å². The molecule has 3 N–H and O–H groups in total. The second kappa shape index (κ2) is 11.1. The zero-order valence-electron chi connectivity index (χ0n) is 18.6. The van der Waals surface area contributed by atoms with Gasteiger partial charge in [0.1, 0.15) is 4.90 Å². The topological polar surface area (TPSA) is 114 Å². The number of nitrogens with one attached hydrogen (secondary N) is 3. The largest absolute Gasteiger partial charge is 0.383 e. The van der Waals surface area contributed by atoms with Gasteiger partial charge in [0.2, 0.25) is 0 Å². The first-order valence-corrected chi connectivity index (χ1v) is 12.1. The van der Waals surface area contributed by atoms with E-state index in [0.717, 1.165) is 5.56 Å². The molecule has 3 rings (SSSR count). The molecule has 10 heteroatoms. The summed E-state index contributed by atoms with van der Waals surface area (Å²) in [6.07, 6.45) is 0. The number of anilines is 2. The Morgan fingerprint density at radius 1 is 0.971 bits per heavy atom. The van der Waals surface area contributed by atoms with E-state index in [4.69, 9.17) is 16.3 Å². The van der Waals surface area contributed by atoms with E-state index in [1.54, 1.807) is 42.5 Å². The highest BCUT2D eigenvalue weighted by atomic mass is 35.5. The van der Waals surface area contributed by atoms with Crippen LogP contribution in [0.15, 0.2) is 71.6 Å². The van der Waals surface area contributed by atoms with Crippen LogP contribution in [0.2, 0.25) is 5.02 Å². The van der Waals surface area contributed by atoms with Crippen molar-refractivity contribution in [1.82, 2.24) is 5.32 Å². The third-order valence-corrected chi connectivity index (χ3v) is 6.63. The Labute approximate surface area is 203 Å². The molecule has 0 bridgehead atoms. The molecule has 0 saturated heterocycles. The van der Waals surface area contributed by atoms with Crippen LogP contribution in [0.3, 0.4) is 0 Å². The maximum absolute atomic E-state index is 12.9. The number of ether oxygens (including phenoxy) is 1. The van der Waals surface area contributed by atoms with Crippen molar-refractivity contribution >= 4 is 44.8 Å². The highest BCUT2D eigenvalue weighted by Gasteiger charge is 2.21. The van der Waals surface area contributed by atoms with E-state index < -0.39 is 15.9 Å². The minimum atomic E-state index is -4.06. The Balaban J connectivity index is 1.84. The van der Waals surface area contributed by atoms with E-state index in [9.17, 15) is 18.0 Å². The quantitative estimate of drug-likeness (QED) is 0.382. The average molecular weight is 502 g/mol. The smallest absolute Gasteiger partial charge is 0.263 e. The maximum atomic E-state index is 12.9. The Morgan fingerprint density at radius 2 is 1.74 bits per heavy atom. The van der Waals surface area contributed by atoms with Crippen molar-refractivity contribution in [1.29, 1.82) is 0 Å². The molecule has 0 aliphatic carbocycles. The molecule has 3 aromatic carbocycles. The average Bonchev–Trinajstić information content (AvgIpc) is 2.79. The maximum Gasteiger partial charge on any atom is 0.263 e. The highest BCUT2D eigenvalue weighted by Crippen LogP contribution is 2.26. The highest BCUT2D eigenvalue weighted by molar-refractivity contribution is 7.92. The number of para-hydroxylation sites is 1. The summed E-state index contributed by atoms with van der Waals surface area (Å²) in [4.78, 5) is 25.1. The molecule has 0 spiro atoms. The fourth-order valence-electron chi connectivity index (χ4n) is 3.12. The van der Waals surface area contributed by atoms with E-state index >= 15 is 0 Å². The van der Waals surface area contributed by atoms with Crippen molar-refractivity contribution in [3.8, 4) is 0 Å². The number of aryl methyl sites for hydroxylation is 1. The van der Waals surface area contributed by atoms with Crippen LogP contribution in [-0.2, 0) is 14.8 Å². The minimum absolute atomic E-state index is 0.0328. The molecule has 0 atom stereocenters. The van der Waals surface area contributed by atoms with Gasteiger partial charge in [0.15, 0.2) is 0 Å². The number of sulfonamides is 1. The van der Waals surface area contributed by atoms with Crippen LogP contribution in [0, 0.1) is 6.92 Å². The van der Waals surface area contributed by atoms with Gasteiger partial charge in [0.25, 0.3) is 21.8 Å². The number of halogens is 1. The summed E-state index contributed by atoms with van der Waals surface area (Å²) in [5.41, 5.74) is 1.85. The third-order valence-electron chi connectivity index (χ3n) is 4.76. The van der Waals surface area contributed by atoms with E-state index in [-0.39, 0.29) is 32.6 Å². The lowest BCUT2D eigenvalue weighted by atomic mass is 10.1. The van der Waals surface area contributed by atoms with Crippen LogP contribution < -0.4 is 15.4 Å². The summed E-state index contributed by atoms with van der Waals surface area (Å²) in [6.45, 7) is 2.49. The normalized spacial score (nSPS) is 11.0. The number of benzene rings is 3. The van der Waals surface area contributed by atoms with Gasteiger partial charge in [-0.1, -0.05) is 35.9 Å². The summed E-state index contributed by atoms with van der Waals surface area (Å²) < 4.78 is 33.3. The Kier molecular flexibility index (Phi) is 8.27. The van der Waals surface area contributed by atoms with Gasteiger partial charge < -0.3 is 15.4 Å². The molecule has 0 fully saturated rings. The van der Waals surface area contributed by atoms with Gasteiger partial charge in [0, 0.05) is 24.9 Å². The standard InChI is InChI=1S/C24H24ClN3O5S/c1-16-6-5-7-18(14-16)28-34(31,32)22-15-17(10-11-20(22)25)23(29)27-21-9-4-3-8-19(21)24(30)26-12-13-33-2/h3-11,14-15,28H,12-13H2,1-2H3,(H,26,30)(H,27,29). The van der Waals surface area contributed by atoms with Crippen LogP contribution in [0.4, 0.5) is 11.4 Å². The monoisotopic (exact) mass is 501 g/mol. The molecular weight excluding hydrogens is 478 g/mol. The predicted molar refractivity (Wildman–Crippen MR) is 132 cm³/mol. The zero-order valence-corrected chi connectivity index (χ0v) is 20.2. The minimum Gasteiger partial charge on any atom is -0.383 e. The molecule has 3 aromatic rings. The Morgan fingerprint density at radius 3 is 2.47 bits per heavy atom. The van der Waals surface area contributed by atoms with Crippen molar-refractivity contribution in [3.63, 3.8) is 0 Å². The first-order chi connectivity index (χ1) is 16.2. The van der Waals surface area contributed by atoms with Crippen LogP contribution in [0.5, 0.6) is 0 Å². The van der Waals surface area contributed by atoms with Crippen LogP contribution >= 0.6 is 11.6 Å². The molecule has 0 aliphatic heterocycles. The molecule has 0 unspecified atom stereocenters. The second-order valence-corrected chi connectivity index (χ2v) is 9.43. The number of methoxy groups -OCH3 is 1. The molecule has 2 amide bonds. The van der Waals surface area contributed by atoms with Gasteiger partial charge in [-0.2, -0.15) is 0 Å². The first-order valence-electron chi connectivity index (χ1n) is 10.3. The van der Waals surface area contributed by atoms with E-state index in [1.807, 2.05) is 13.0 Å². The van der Waals surface area contributed by atoms with Gasteiger partial charge in [-0.05, 0) is 55.0 Å². The van der Waals surface area contributed by atoms with Gasteiger partial charge in [-0.15, -0.1) is 0 Å². The number of amides is 2. The van der Waals surface area contributed by atoms with Crippen LogP contribution in [0.25, 0.3) is 0 Å². The summed E-state index contributed by atoms with van der Waals surface area (Å²) in [6, 6.07) is 17.3. The number of hydrogen-bond donors (Lipinski definition) is 3. The summed E-state index contributed by atoms with van der Waals surface area (Å²) >= 11 is 6.16. The molecule has 0 aliphatic rings. The molecular formula is C24H24ClN3O5S. The summed E-state index contributed by atoms with van der Waals surface area (Å²) in [5.74, 6) is -0.976. The molecule has 34 heavy (non-hydrogen) atoms. The lowest BCUT2D eigenvalue weighted by Crippen LogP contribution is -2.28. The SMILES string of the molecule is COCCNC(=O)c1ccccc1NC(=O)c1ccc(Cl)c(S(=O)(=O)Nc2cccc(C)c2)c1. The van der Waals surface area contributed by atoms with Gasteiger partial charge in [-0.25, -0.2) is 8.42 Å². The number of carbonyl (C=O) groups is 2. The van der Waals surface area contributed by atoms with Crippen molar-refractivity contribution in [2.45, 2.75) is 11.8 Å². The molecule has 0 aromatic heterocycles. The Hall–Kier alpha value is -3.40. The fraction of sp³-hybridized carbons (Fsp3) is 0.167. The second-order valence-electron chi connectivity index (χ2n) is 7.37. The molecule has 0 saturated carbocycles. The zero-order chi connectivity index (χ0) is 24.7. The number of carbonyl (C=O) groups excluding carboxylic acids is 2. The van der Waals surface area contributed by atoms with Gasteiger partial charge >= 0.3 is 0 Å². The molecule has 0 radical (unpaired) electrons. The van der Waals surface area contributed by atoms with Crippen molar-refractivity contribution in [2.75, 3.05) is 30.3 Å². The van der Waals surface area contributed by atoms with E-state index in [1.165, 1.54) is 25.3 Å².